The first-order valence-corrected chi connectivity index (χ1v) is 6.16. The van der Waals surface area contributed by atoms with Crippen molar-refractivity contribution in [3.05, 3.63) is 52.8 Å². The van der Waals surface area contributed by atoms with Gasteiger partial charge in [-0.15, -0.1) is 0 Å². The van der Waals surface area contributed by atoms with Crippen molar-refractivity contribution in [2.75, 3.05) is 17.7 Å². The highest BCUT2D eigenvalue weighted by Gasteiger charge is 2.10. The fourth-order valence-corrected chi connectivity index (χ4v) is 2.18. The molecule has 20 heavy (non-hydrogen) atoms. The number of anilines is 2. The van der Waals surface area contributed by atoms with Gasteiger partial charge in [0, 0.05) is 32.1 Å². The molecule has 0 aliphatic rings. The van der Waals surface area contributed by atoms with Crippen molar-refractivity contribution in [3.63, 3.8) is 0 Å². The molecule has 102 valence electrons. The Morgan fingerprint density at radius 2 is 2.10 bits per heavy atom. The normalized spacial score (nSPS) is 10.8. The van der Waals surface area contributed by atoms with Gasteiger partial charge in [0.1, 0.15) is 0 Å². The van der Waals surface area contributed by atoms with Gasteiger partial charge in [-0.2, -0.15) is 0 Å². The molecule has 0 unspecified atom stereocenters. The van der Waals surface area contributed by atoms with Crippen LogP contribution in [0.2, 0.25) is 0 Å². The number of rotatable bonds is 3. The third-order valence-electron chi connectivity index (χ3n) is 3.15. The molecule has 3 N–H and O–H groups in total. The molecule has 0 saturated carbocycles. The fraction of sp³-hybridized carbons (Fsp3) is 0.143. The predicted molar refractivity (Wildman–Crippen MR) is 77.6 cm³/mol. The van der Waals surface area contributed by atoms with Gasteiger partial charge in [-0.1, -0.05) is 0 Å². The summed E-state index contributed by atoms with van der Waals surface area (Å²) in [6.45, 7) is 0.695. The van der Waals surface area contributed by atoms with Crippen molar-refractivity contribution in [1.29, 1.82) is 0 Å². The number of benzene rings is 1. The summed E-state index contributed by atoms with van der Waals surface area (Å²) >= 11 is 0. The Balaban J connectivity index is 1.96. The first-order chi connectivity index (χ1) is 9.63. The topological polar surface area (TPSA) is 88.2 Å². The summed E-state index contributed by atoms with van der Waals surface area (Å²) in [5, 5.41) is 0. The minimum atomic E-state index is -0.478. The van der Waals surface area contributed by atoms with Gasteiger partial charge < -0.3 is 15.1 Å². The molecule has 0 atom stereocenters. The first-order valence-electron chi connectivity index (χ1n) is 6.16. The van der Waals surface area contributed by atoms with Gasteiger partial charge in [-0.05, 0) is 23.8 Å². The Bertz CT molecular complexity index is 792. The number of aromatic amines is 1. The molecule has 6 heteroatoms. The molecule has 0 radical (unpaired) electrons. The number of nitrogens with two attached hydrogens (primary N) is 1. The molecule has 1 aromatic carbocycles. The van der Waals surface area contributed by atoms with Crippen molar-refractivity contribution < 1.29 is 4.42 Å². The van der Waals surface area contributed by atoms with Gasteiger partial charge in [0.15, 0.2) is 5.58 Å². The van der Waals surface area contributed by atoms with Crippen LogP contribution in [0.4, 0.5) is 11.4 Å². The zero-order valence-corrected chi connectivity index (χ0v) is 11.0. The van der Waals surface area contributed by atoms with Crippen LogP contribution in [-0.2, 0) is 6.54 Å². The third kappa shape index (κ3) is 2.23. The third-order valence-corrected chi connectivity index (χ3v) is 3.15. The van der Waals surface area contributed by atoms with E-state index in [0.29, 0.717) is 23.3 Å². The second-order valence-electron chi connectivity index (χ2n) is 4.63. The van der Waals surface area contributed by atoms with E-state index in [1.54, 1.807) is 18.5 Å². The summed E-state index contributed by atoms with van der Waals surface area (Å²) < 4.78 is 4.98. The number of hydrogen-bond acceptors (Lipinski definition) is 5. The number of nitrogens with one attached hydrogen (secondary N) is 1. The highest BCUT2D eigenvalue weighted by Crippen LogP contribution is 2.28. The largest absolute Gasteiger partial charge is 0.417 e. The van der Waals surface area contributed by atoms with Gasteiger partial charge >= 0.3 is 5.76 Å². The van der Waals surface area contributed by atoms with E-state index in [1.807, 2.05) is 30.1 Å². The van der Waals surface area contributed by atoms with Crippen LogP contribution in [0.25, 0.3) is 11.1 Å². The van der Waals surface area contributed by atoms with E-state index in [2.05, 4.69) is 9.97 Å². The molecular formula is C14H14N4O2. The van der Waals surface area contributed by atoms with Crippen molar-refractivity contribution in [3.8, 4) is 0 Å². The number of oxazole rings is 1. The van der Waals surface area contributed by atoms with E-state index in [0.717, 1.165) is 11.3 Å². The number of nitrogen functional groups attached to an aromatic ring is 1. The Hall–Kier alpha value is -2.76. The lowest BCUT2D eigenvalue weighted by Crippen LogP contribution is -2.17. The van der Waals surface area contributed by atoms with Crippen molar-refractivity contribution >= 4 is 22.5 Å². The minimum Gasteiger partial charge on any atom is -0.408 e. The number of aromatic nitrogens is 2. The molecule has 0 aliphatic carbocycles. The van der Waals surface area contributed by atoms with E-state index < -0.39 is 5.76 Å². The van der Waals surface area contributed by atoms with Gasteiger partial charge in [-0.3, -0.25) is 9.97 Å². The fourth-order valence-electron chi connectivity index (χ4n) is 2.18. The maximum Gasteiger partial charge on any atom is 0.417 e. The van der Waals surface area contributed by atoms with Gasteiger partial charge in [0.25, 0.3) is 0 Å². The summed E-state index contributed by atoms with van der Waals surface area (Å²) in [4.78, 5) is 19.8. The van der Waals surface area contributed by atoms with Crippen LogP contribution in [0, 0.1) is 0 Å². The molecule has 3 aromatic rings. The van der Waals surface area contributed by atoms with Gasteiger partial charge in [-0.25, -0.2) is 4.79 Å². The van der Waals surface area contributed by atoms with Crippen LogP contribution in [0.3, 0.4) is 0 Å². The molecule has 0 bridgehead atoms. The van der Waals surface area contributed by atoms with Crippen molar-refractivity contribution in [1.82, 2.24) is 9.97 Å². The van der Waals surface area contributed by atoms with Crippen LogP contribution >= 0.6 is 0 Å². The maximum absolute atomic E-state index is 11.2. The summed E-state index contributed by atoms with van der Waals surface area (Å²) in [5.74, 6) is -0.478. The highest BCUT2D eigenvalue weighted by atomic mass is 16.4. The predicted octanol–water partition coefficient (Wildman–Crippen LogP) is 1.73. The van der Waals surface area contributed by atoms with Crippen LogP contribution < -0.4 is 16.4 Å². The second-order valence-corrected chi connectivity index (χ2v) is 4.63. The Labute approximate surface area is 114 Å². The molecule has 2 aromatic heterocycles. The first kappa shape index (κ1) is 12.3. The zero-order valence-electron chi connectivity index (χ0n) is 11.0. The van der Waals surface area contributed by atoms with Gasteiger partial charge in [0.2, 0.25) is 0 Å². The monoisotopic (exact) mass is 270 g/mol. The number of fused-ring (bicyclic) bond motifs is 1. The summed E-state index contributed by atoms with van der Waals surface area (Å²) in [7, 11) is 1.94. The molecule has 3 rings (SSSR count). The number of hydrogen-bond donors (Lipinski definition) is 2. The van der Waals surface area contributed by atoms with Gasteiger partial charge in [0.05, 0.1) is 16.9 Å². The highest BCUT2D eigenvalue weighted by molar-refractivity contribution is 5.85. The lowest BCUT2D eigenvalue weighted by Gasteiger charge is -2.21. The molecule has 0 spiro atoms. The molecule has 0 aliphatic heterocycles. The Morgan fingerprint density at radius 1 is 1.35 bits per heavy atom. The average Bonchev–Trinajstić information content (AvgIpc) is 2.78. The van der Waals surface area contributed by atoms with Crippen LogP contribution in [0.5, 0.6) is 0 Å². The SMILES string of the molecule is CN(Cc1ccncc1)c1cc2[nH]c(=O)oc2cc1N. The standard InChI is InChI=1S/C14H14N4O2/c1-18(8-9-2-4-16-5-3-9)12-7-11-13(6-10(12)15)20-14(19)17-11/h2-7H,8,15H2,1H3,(H,17,19). The summed E-state index contributed by atoms with van der Waals surface area (Å²) in [5.41, 5.74) is 9.66. The molecule has 0 fully saturated rings. The van der Waals surface area contributed by atoms with Crippen LogP contribution in [0.15, 0.2) is 45.9 Å². The van der Waals surface area contributed by atoms with E-state index >= 15 is 0 Å². The molecule has 2 heterocycles. The molecule has 0 amide bonds. The van der Waals surface area contributed by atoms with Crippen LogP contribution in [-0.4, -0.2) is 17.0 Å². The van der Waals surface area contributed by atoms with Crippen molar-refractivity contribution in [2.24, 2.45) is 0 Å². The van der Waals surface area contributed by atoms with E-state index in [-0.39, 0.29) is 0 Å². The number of nitrogens with zero attached hydrogens (tertiary/aromatic N) is 2. The maximum atomic E-state index is 11.2. The number of pyridine rings is 1. The smallest absolute Gasteiger partial charge is 0.408 e. The quantitative estimate of drug-likeness (QED) is 0.708. The second kappa shape index (κ2) is 4.73. The lowest BCUT2D eigenvalue weighted by molar-refractivity contribution is 0.555. The molecule has 0 saturated heterocycles. The molecular weight excluding hydrogens is 256 g/mol. The molecule has 6 nitrogen and oxygen atoms in total. The van der Waals surface area contributed by atoms with Crippen molar-refractivity contribution in [2.45, 2.75) is 6.54 Å². The average molecular weight is 270 g/mol. The van der Waals surface area contributed by atoms with E-state index in [4.69, 9.17) is 10.2 Å². The Kier molecular flexibility index (Phi) is 2.90. The zero-order chi connectivity index (χ0) is 14.1. The number of H-pyrrole nitrogens is 1. The summed E-state index contributed by atoms with van der Waals surface area (Å²) in [6.07, 6.45) is 3.51. The van der Waals surface area contributed by atoms with Crippen LogP contribution in [0.1, 0.15) is 5.56 Å². The summed E-state index contributed by atoms with van der Waals surface area (Å²) in [6, 6.07) is 7.37. The van der Waals surface area contributed by atoms with E-state index in [1.165, 1.54) is 0 Å². The van der Waals surface area contributed by atoms with E-state index in [9.17, 15) is 4.79 Å². The lowest BCUT2D eigenvalue weighted by atomic mass is 10.2. The minimum absolute atomic E-state index is 0.466. The Morgan fingerprint density at radius 3 is 2.85 bits per heavy atom.